The van der Waals surface area contributed by atoms with Gasteiger partial charge in [-0.3, -0.25) is 9.78 Å². The Balaban J connectivity index is 1.76. The molecule has 3 aromatic carbocycles. The van der Waals surface area contributed by atoms with E-state index in [4.69, 9.17) is 0 Å². The lowest BCUT2D eigenvalue weighted by molar-refractivity contribution is 0.102. The standard InChI is InChI=1S/C22H15BrN2O/c23-17-11-12-18(15-6-2-1-3-7-15)19(14-17)22(26)25-20-10-4-8-16-9-5-13-24-21(16)20/h1-14H,(H,25,26). The number of hydrogen-bond acceptors (Lipinski definition) is 2. The first kappa shape index (κ1) is 16.5. The number of halogens is 1. The molecule has 4 heteroatoms. The van der Waals surface area contributed by atoms with Gasteiger partial charge in [0.25, 0.3) is 5.91 Å². The highest BCUT2D eigenvalue weighted by molar-refractivity contribution is 9.10. The lowest BCUT2D eigenvalue weighted by Gasteiger charge is -2.12. The zero-order chi connectivity index (χ0) is 17.9. The SMILES string of the molecule is O=C(Nc1cccc2cccnc12)c1cc(Br)ccc1-c1ccccc1. The van der Waals surface area contributed by atoms with Gasteiger partial charge in [-0.15, -0.1) is 0 Å². The maximum atomic E-state index is 13.0. The lowest BCUT2D eigenvalue weighted by atomic mass is 9.99. The van der Waals surface area contributed by atoms with E-state index in [2.05, 4.69) is 26.2 Å². The van der Waals surface area contributed by atoms with Gasteiger partial charge in [-0.1, -0.05) is 70.5 Å². The van der Waals surface area contributed by atoms with E-state index in [9.17, 15) is 4.79 Å². The summed E-state index contributed by atoms with van der Waals surface area (Å²) < 4.78 is 0.860. The van der Waals surface area contributed by atoms with E-state index in [0.29, 0.717) is 11.3 Å². The number of nitrogens with zero attached hydrogens (tertiary/aromatic N) is 1. The van der Waals surface area contributed by atoms with Crippen molar-refractivity contribution in [3.63, 3.8) is 0 Å². The number of nitrogens with one attached hydrogen (secondary N) is 1. The summed E-state index contributed by atoms with van der Waals surface area (Å²) in [7, 11) is 0. The Bertz CT molecular complexity index is 1090. The van der Waals surface area contributed by atoms with Crippen molar-refractivity contribution in [2.45, 2.75) is 0 Å². The fourth-order valence-corrected chi connectivity index (χ4v) is 3.33. The Labute approximate surface area is 159 Å². The predicted octanol–water partition coefficient (Wildman–Crippen LogP) is 5.92. The summed E-state index contributed by atoms with van der Waals surface area (Å²) in [6, 6.07) is 25.3. The molecule has 0 spiro atoms. The third-order valence-electron chi connectivity index (χ3n) is 4.19. The van der Waals surface area contributed by atoms with Crippen molar-refractivity contribution in [2.24, 2.45) is 0 Å². The van der Waals surface area contributed by atoms with E-state index < -0.39 is 0 Å². The summed E-state index contributed by atoms with van der Waals surface area (Å²) >= 11 is 3.47. The van der Waals surface area contributed by atoms with Crippen LogP contribution in [0.1, 0.15) is 10.4 Å². The summed E-state index contributed by atoms with van der Waals surface area (Å²) in [5, 5.41) is 4.01. The number of rotatable bonds is 3. The van der Waals surface area contributed by atoms with Crippen LogP contribution in [0.15, 0.2) is 89.5 Å². The third kappa shape index (κ3) is 3.24. The van der Waals surface area contributed by atoms with Crippen LogP contribution < -0.4 is 5.32 Å². The number of anilines is 1. The minimum absolute atomic E-state index is 0.164. The first-order chi connectivity index (χ1) is 12.7. The molecule has 1 N–H and O–H groups in total. The van der Waals surface area contributed by atoms with Crippen LogP contribution >= 0.6 is 15.9 Å². The molecule has 1 heterocycles. The van der Waals surface area contributed by atoms with Crippen molar-refractivity contribution in [3.05, 3.63) is 95.1 Å². The summed E-state index contributed by atoms with van der Waals surface area (Å²) in [5.41, 5.74) is 3.98. The zero-order valence-electron chi connectivity index (χ0n) is 13.8. The van der Waals surface area contributed by atoms with Crippen LogP contribution in [0, 0.1) is 0 Å². The molecule has 0 fully saturated rings. The number of benzene rings is 3. The quantitative estimate of drug-likeness (QED) is 0.462. The molecule has 0 aliphatic carbocycles. The summed E-state index contributed by atoms with van der Waals surface area (Å²) in [6.07, 6.45) is 1.73. The molecule has 26 heavy (non-hydrogen) atoms. The number of fused-ring (bicyclic) bond motifs is 1. The Morgan fingerprint density at radius 1 is 0.885 bits per heavy atom. The van der Waals surface area contributed by atoms with E-state index in [1.807, 2.05) is 78.9 Å². The van der Waals surface area contributed by atoms with Gasteiger partial charge in [-0.2, -0.15) is 0 Å². The van der Waals surface area contributed by atoms with E-state index in [1.165, 1.54) is 0 Å². The van der Waals surface area contributed by atoms with Crippen LogP contribution in [0.2, 0.25) is 0 Å². The predicted molar refractivity (Wildman–Crippen MR) is 109 cm³/mol. The first-order valence-corrected chi connectivity index (χ1v) is 9.02. The highest BCUT2D eigenvalue weighted by Gasteiger charge is 2.15. The van der Waals surface area contributed by atoms with Crippen LogP contribution in [0.5, 0.6) is 0 Å². The van der Waals surface area contributed by atoms with Crippen molar-refractivity contribution in [2.75, 3.05) is 5.32 Å². The maximum Gasteiger partial charge on any atom is 0.256 e. The molecule has 1 aromatic heterocycles. The average Bonchev–Trinajstić information content (AvgIpc) is 2.69. The van der Waals surface area contributed by atoms with Gasteiger partial charge in [0.2, 0.25) is 0 Å². The first-order valence-electron chi connectivity index (χ1n) is 8.22. The molecule has 0 unspecified atom stereocenters. The van der Waals surface area contributed by atoms with Crippen LogP contribution in [-0.4, -0.2) is 10.9 Å². The normalized spacial score (nSPS) is 10.7. The number of hydrogen-bond donors (Lipinski definition) is 1. The monoisotopic (exact) mass is 402 g/mol. The summed E-state index contributed by atoms with van der Waals surface area (Å²) in [5.74, 6) is -0.164. The smallest absolute Gasteiger partial charge is 0.256 e. The highest BCUT2D eigenvalue weighted by atomic mass is 79.9. The average molecular weight is 403 g/mol. The Morgan fingerprint density at radius 2 is 1.69 bits per heavy atom. The van der Waals surface area contributed by atoms with Gasteiger partial charge in [0.05, 0.1) is 11.2 Å². The van der Waals surface area contributed by atoms with Gasteiger partial charge in [-0.05, 0) is 35.4 Å². The lowest BCUT2D eigenvalue weighted by Crippen LogP contribution is -2.13. The number of carbonyl (C=O) groups is 1. The Hall–Kier alpha value is -2.98. The molecule has 0 saturated heterocycles. The molecule has 4 aromatic rings. The van der Waals surface area contributed by atoms with E-state index in [1.54, 1.807) is 6.20 Å². The minimum Gasteiger partial charge on any atom is -0.320 e. The molecule has 0 saturated carbocycles. The summed E-state index contributed by atoms with van der Waals surface area (Å²) in [4.78, 5) is 17.4. The summed E-state index contributed by atoms with van der Waals surface area (Å²) in [6.45, 7) is 0. The van der Waals surface area contributed by atoms with Crippen LogP contribution in [0.25, 0.3) is 22.0 Å². The molecule has 126 valence electrons. The van der Waals surface area contributed by atoms with E-state index >= 15 is 0 Å². The second kappa shape index (κ2) is 7.10. The fraction of sp³-hybridized carbons (Fsp3) is 0. The zero-order valence-corrected chi connectivity index (χ0v) is 15.4. The third-order valence-corrected chi connectivity index (χ3v) is 4.69. The van der Waals surface area contributed by atoms with E-state index in [0.717, 1.165) is 26.5 Å². The van der Waals surface area contributed by atoms with Crippen LogP contribution in [-0.2, 0) is 0 Å². The second-order valence-corrected chi connectivity index (χ2v) is 6.81. The van der Waals surface area contributed by atoms with Crippen LogP contribution in [0.4, 0.5) is 5.69 Å². The van der Waals surface area contributed by atoms with Crippen molar-refractivity contribution in [1.82, 2.24) is 4.98 Å². The highest BCUT2D eigenvalue weighted by Crippen LogP contribution is 2.28. The van der Waals surface area contributed by atoms with Crippen molar-refractivity contribution >= 4 is 38.4 Å². The van der Waals surface area contributed by atoms with Gasteiger partial charge in [0.15, 0.2) is 0 Å². The molecule has 0 bridgehead atoms. The van der Waals surface area contributed by atoms with Crippen molar-refractivity contribution < 1.29 is 4.79 Å². The second-order valence-electron chi connectivity index (χ2n) is 5.89. The number of amides is 1. The van der Waals surface area contributed by atoms with Crippen molar-refractivity contribution in [3.8, 4) is 11.1 Å². The maximum absolute atomic E-state index is 13.0. The van der Waals surface area contributed by atoms with Crippen LogP contribution in [0.3, 0.4) is 0 Å². The fourth-order valence-electron chi connectivity index (χ4n) is 2.97. The molecular weight excluding hydrogens is 388 g/mol. The van der Waals surface area contributed by atoms with E-state index in [-0.39, 0.29) is 5.91 Å². The number of pyridine rings is 1. The number of aromatic nitrogens is 1. The van der Waals surface area contributed by atoms with Gasteiger partial charge in [-0.25, -0.2) is 0 Å². The molecule has 0 atom stereocenters. The number of carbonyl (C=O) groups excluding carboxylic acids is 1. The topological polar surface area (TPSA) is 42.0 Å². The molecular formula is C22H15BrN2O. The molecule has 1 amide bonds. The van der Waals surface area contributed by atoms with Gasteiger partial charge in [0.1, 0.15) is 0 Å². The Kier molecular flexibility index (Phi) is 4.50. The molecule has 0 aliphatic rings. The Morgan fingerprint density at radius 3 is 2.54 bits per heavy atom. The van der Waals surface area contributed by atoms with Gasteiger partial charge in [0, 0.05) is 21.6 Å². The van der Waals surface area contributed by atoms with Gasteiger partial charge >= 0.3 is 0 Å². The van der Waals surface area contributed by atoms with Crippen molar-refractivity contribution in [1.29, 1.82) is 0 Å². The number of para-hydroxylation sites is 1. The molecule has 0 radical (unpaired) electrons. The molecule has 0 aliphatic heterocycles. The van der Waals surface area contributed by atoms with Gasteiger partial charge < -0.3 is 5.32 Å². The molecule has 4 rings (SSSR count). The largest absolute Gasteiger partial charge is 0.320 e. The molecule has 3 nitrogen and oxygen atoms in total. The minimum atomic E-state index is -0.164.